The lowest BCUT2D eigenvalue weighted by Crippen LogP contribution is -2.31. The summed E-state index contributed by atoms with van der Waals surface area (Å²) in [6.45, 7) is 2.36. The van der Waals surface area contributed by atoms with Gasteiger partial charge in [-0.25, -0.2) is 0 Å². The molecule has 16 heavy (non-hydrogen) atoms. The summed E-state index contributed by atoms with van der Waals surface area (Å²) >= 11 is 0. The molecule has 0 saturated carbocycles. The lowest BCUT2D eigenvalue weighted by molar-refractivity contribution is 0.340. The van der Waals surface area contributed by atoms with Gasteiger partial charge in [-0.05, 0) is 23.8 Å². The number of rotatable bonds is 3. The molecule has 0 aliphatic rings. The van der Waals surface area contributed by atoms with Gasteiger partial charge in [0.1, 0.15) is 5.75 Å². The zero-order valence-electron chi connectivity index (χ0n) is 9.05. The fraction of sp³-hybridized carbons (Fsp3) is 0.167. The Labute approximate surface area is 94.4 Å². The van der Waals surface area contributed by atoms with Crippen molar-refractivity contribution in [1.82, 2.24) is 0 Å². The van der Waals surface area contributed by atoms with Crippen LogP contribution in [0.15, 0.2) is 36.4 Å². The molecule has 0 heterocycles. The predicted molar refractivity (Wildman–Crippen MR) is 64.9 cm³/mol. The molecule has 2 N–H and O–H groups in total. The van der Waals surface area contributed by atoms with E-state index in [4.69, 9.17) is 4.74 Å². The molecule has 0 aromatic heterocycles. The molecule has 3 nitrogen and oxygen atoms in total. The lowest BCUT2D eigenvalue weighted by Gasteiger charge is -2.11. The minimum absolute atomic E-state index is 0.403. The van der Waals surface area contributed by atoms with Crippen molar-refractivity contribution in [2.24, 2.45) is 0 Å². The van der Waals surface area contributed by atoms with Crippen molar-refractivity contribution in [3.63, 3.8) is 0 Å². The largest absolute Gasteiger partial charge is 0.494 e. The molecular formula is C12H13BO3. The summed E-state index contributed by atoms with van der Waals surface area (Å²) in [5, 5.41) is 20.5. The summed E-state index contributed by atoms with van der Waals surface area (Å²) in [7, 11) is -1.51. The molecule has 4 heteroatoms. The van der Waals surface area contributed by atoms with E-state index in [1.165, 1.54) is 0 Å². The monoisotopic (exact) mass is 216 g/mol. The van der Waals surface area contributed by atoms with E-state index in [0.717, 1.165) is 10.8 Å². The Bertz CT molecular complexity index is 497. The van der Waals surface area contributed by atoms with E-state index in [0.29, 0.717) is 17.8 Å². The molecule has 0 aliphatic heterocycles. The predicted octanol–water partition coefficient (Wildman–Crippen LogP) is 0.918. The van der Waals surface area contributed by atoms with Crippen LogP contribution < -0.4 is 10.2 Å². The van der Waals surface area contributed by atoms with Crippen LogP contribution in [-0.2, 0) is 0 Å². The van der Waals surface area contributed by atoms with Gasteiger partial charge in [-0.3, -0.25) is 0 Å². The highest BCUT2D eigenvalue weighted by atomic mass is 16.5. The summed E-state index contributed by atoms with van der Waals surface area (Å²) in [4.78, 5) is 0. The lowest BCUT2D eigenvalue weighted by atomic mass is 9.78. The molecule has 82 valence electrons. The molecule has 0 bridgehead atoms. The Morgan fingerprint density at radius 3 is 2.31 bits per heavy atom. The third-order valence-corrected chi connectivity index (χ3v) is 2.46. The SMILES string of the molecule is CCOc1cc2ccccc2cc1B(O)O. The summed E-state index contributed by atoms with van der Waals surface area (Å²) in [6, 6.07) is 11.3. The van der Waals surface area contributed by atoms with Gasteiger partial charge in [0.05, 0.1) is 6.61 Å². The molecule has 0 saturated heterocycles. The third-order valence-electron chi connectivity index (χ3n) is 2.46. The molecular weight excluding hydrogens is 203 g/mol. The van der Waals surface area contributed by atoms with E-state index in [-0.39, 0.29) is 0 Å². The van der Waals surface area contributed by atoms with Crippen LogP contribution in [0.2, 0.25) is 0 Å². The van der Waals surface area contributed by atoms with Crippen molar-refractivity contribution in [3.8, 4) is 5.75 Å². The maximum absolute atomic E-state index is 9.27. The van der Waals surface area contributed by atoms with Gasteiger partial charge in [0, 0.05) is 5.46 Å². The maximum atomic E-state index is 9.27. The van der Waals surface area contributed by atoms with E-state index in [9.17, 15) is 10.0 Å². The van der Waals surface area contributed by atoms with Gasteiger partial charge in [0.25, 0.3) is 0 Å². The van der Waals surface area contributed by atoms with Crippen molar-refractivity contribution < 1.29 is 14.8 Å². The Morgan fingerprint density at radius 2 is 1.75 bits per heavy atom. The number of ether oxygens (including phenoxy) is 1. The molecule has 0 radical (unpaired) electrons. The summed E-state index contributed by atoms with van der Waals surface area (Å²) in [5.74, 6) is 0.524. The van der Waals surface area contributed by atoms with Gasteiger partial charge in [-0.15, -0.1) is 0 Å². The van der Waals surface area contributed by atoms with Gasteiger partial charge < -0.3 is 14.8 Å². The minimum atomic E-state index is -1.51. The first-order chi connectivity index (χ1) is 7.72. The minimum Gasteiger partial charge on any atom is -0.494 e. The molecule has 0 fully saturated rings. The van der Waals surface area contributed by atoms with Crippen molar-refractivity contribution >= 4 is 23.4 Å². The Hall–Kier alpha value is -1.52. The molecule has 2 aromatic rings. The standard InChI is InChI=1S/C12H13BO3/c1-2-16-12-8-10-6-4-3-5-9(10)7-11(12)13(14)15/h3-8,14-15H,2H2,1H3. The van der Waals surface area contributed by atoms with Crippen LogP contribution in [0.25, 0.3) is 10.8 Å². The zero-order valence-corrected chi connectivity index (χ0v) is 9.05. The van der Waals surface area contributed by atoms with E-state index in [1.807, 2.05) is 37.3 Å². The molecule has 0 unspecified atom stereocenters. The molecule has 0 spiro atoms. The fourth-order valence-corrected chi connectivity index (χ4v) is 1.72. The highest BCUT2D eigenvalue weighted by molar-refractivity contribution is 6.60. The Balaban J connectivity index is 2.61. The molecule has 2 rings (SSSR count). The van der Waals surface area contributed by atoms with Crippen LogP contribution in [-0.4, -0.2) is 23.8 Å². The van der Waals surface area contributed by atoms with Crippen LogP contribution in [0.1, 0.15) is 6.92 Å². The Kier molecular flexibility index (Phi) is 3.13. The zero-order chi connectivity index (χ0) is 11.5. The second-order valence-corrected chi connectivity index (χ2v) is 3.54. The number of hydrogen-bond acceptors (Lipinski definition) is 3. The molecule has 2 aromatic carbocycles. The fourth-order valence-electron chi connectivity index (χ4n) is 1.72. The van der Waals surface area contributed by atoms with Crippen LogP contribution >= 0.6 is 0 Å². The number of fused-ring (bicyclic) bond motifs is 1. The van der Waals surface area contributed by atoms with Gasteiger partial charge >= 0.3 is 7.12 Å². The van der Waals surface area contributed by atoms with E-state index in [1.54, 1.807) is 6.07 Å². The smallest absolute Gasteiger partial charge is 0.492 e. The Morgan fingerprint density at radius 1 is 1.12 bits per heavy atom. The highest BCUT2D eigenvalue weighted by Gasteiger charge is 2.17. The third kappa shape index (κ3) is 2.03. The van der Waals surface area contributed by atoms with Crippen LogP contribution in [0.3, 0.4) is 0 Å². The average molecular weight is 216 g/mol. The first-order valence-electron chi connectivity index (χ1n) is 5.24. The second-order valence-electron chi connectivity index (χ2n) is 3.54. The van der Waals surface area contributed by atoms with Crippen molar-refractivity contribution in [1.29, 1.82) is 0 Å². The molecule has 0 aliphatic carbocycles. The van der Waals surface area contributed by atoms with Crippen molar-refractivity contribution in [3.05, 3.63) is 36.4 Å². The van der Waals surface area contributed by atoms with Crippen molar-refractivity contribution in [2.75, 3.05) is 6.61 Å². The van der Waals surface area contributed by atoms with Crippen LogP contribution in [0.5, 0.6) is 5.75 Å². The quantitative estimate of drug-likeness (QED) is 0.750. The van der Waals surface area contributed by atoms with Gasteiger partial charge in [0.2, 0.25) is 0 Å². The van der Waals surface area contributed by atoms with E-state index >= 15 is 0 Å². The van der Waals surface area contributed by atoms with Crippen LogP contribution in [0, 0.1) is 0 Å². The van der Waals surface area contributed by atoms with Gasteiger partial charge in [-0.1, -0.05) is 30.3 Å². The molecule has 0 amide bonds. The normalized spacial score (nSPS) is 10.4. The topological polar surface area (TPSA) is 49.7 Å². The van der Waals surface area contributed by atoms with Gasteiger partial charge in [0.15, 0.2) is 0 Å². The number of hydrogen-bond donors (Lipinski definition) is 2. The van der Waals surface area contributed by atoms with E-state index < -0.39 is 7.12 Å². The van der Waals surface area contributed by atoms with Crippen LogP contribution in [0.4, 0.5) is 0 Å². The second kappa shape index (κ2) is 4.55. The summed E-state index contributed by atoms with van der Waals surface area (Å²) < 4.78 is 5.39. The average Bonchev–Trinajstić information content (AvgIpc) is 2.28. The van der Waals surface area contributed by atoms with Gasteiger partial charge in [-0.2, -0.15) is 0 Å². The van der Waals surface area contributed by atoms with Crippen molar-refractivity contribution in [2.45, 2.75) is 6.92 Å². The molecule has 0 atom stereocenters. The maximum Gasteiger partial charge on any atom is 0.492 e. The highest BCUT2D eigenvalue weighted by Crippen LogP contribution is 2.19. The summed E-state index contributed by atoms with van der Waals surface area (Å²) in [6.07, 6.45) is 0. The first kappa shape index (κ1) is 11.0. The summed E-state index contributed by atoms with van der Waals surface area (Å²) in [5.41, 5.74) is 0.403. The number of benzene rings is 2. The first-order valence-corrected chi connectivity index (χ1v) is 5.24. The van der Waals surface area contributed by atoms with E-state index in [2.05, 4.69) is 0 Å².